The normalized spacial score (nSPS) is 18.7. The molecule has 98 valence electrons. The highest BCUT2D eigenvalue weighted by atomic mass is 16.5. The first kappa shape index (κ1) is 12.6. The number of hydrogen-bond acceptors (Lipinski definition) is 4. The van der Waals surface area contributed by atoms with Crippen LogP contribution in [0.25, 0.3) is 0 Å². The standard InChI is InChI=1S/C12H15NO5/c1-12(2)7-17-4-3-13(12)10(14)9-5-8(6-18-9)11(15)16/h5-6H,3-4,7H2,1-2H3,(H,15,16). The molecule has 0 saturated carbocycles. The maximum Gasteiger partial charge on any atom is 0.338 e. The van der Waals surface area contributed by atoms with Gasteiger partial charge in [0.05, 0.1) is 24.3 Å². The molecule has 0 atom stereocenters. The maximum absolute atomic E-state index is 12.2. The molecule has 0 aromatic carbocycles. The van der Waals surface area contributed by atoms with E-state index in [1.165, 1.54) is 6.07 Å². The summed E-state index contributed by atoms with van der Waals surface area (Å²) in [4.78, 5) is 24.6. The van der Waals surface area contributed by atoms with Gasteiger partial charge in [-0.2, -0.15) is 0 Å². The zero-order chi connectivity index (χ0) is 13.3. The summed E-state index contributed by atoms with van der Waals surface area (Å²) in [7, 11) is 0. The number of carboxylic acid groups (broad SMARTS) is 1. The monoisotopic (exact) mass is 253 g/mol. The summed E-state index contributed by atoms with van der Waals surface area (Å²) in [6, 6.07) is 1.25. The van der Waals surface area contributed by atoms with Crippen LogP contribution >= 0.6 is 0 Å². The molecule has 18 heavy (non-hydrogen) atoms. The largest absolute Gasteiger partial charge is 0.478 e. The first-order chi connectivity index (χ1) is 8.42. The van der Waals surface area contributed by atoms with Gasteiger partial charge in [-0.15, -0.1) is 0 Å². The highest BCUT2D eigenvalue weighted by molar-refractivity contribution is 5.95. The van der Waals surface area contributed by atoms with Crippen LogP contribution < -0.4 is 0 Å². The Morgan fingerprint density at radius 2 is 2.17 bits per heavy atom. The second-order valence-electron chi connectivity index (χ2n) is 4.83. The minimum Gasteiger partial charge on any atom is -0.478 e. The Bertz CT molecular complexity index is 477. The van der Waals surface area contributed by atoms with E-state index in [1.54, 1.807) is 4.90 Å². The molecule has 0 aliphatic carbocycles. The number of nitrogens with zero attached hydrogens (tertiary/aromatic N) is 1. The average Bonchev–Trinajstić information content (AvgIpc) is 2.77. The van der Waals surface area contributed by atoms with Gasteiger partial charge in [-0.25, -0.2) is 4.79 Å². The topological polar surface area (TPSA) is 80.0 Å². The number of aromatic carboxylic acids is 1. The van der Waals surface area contributed by atoms with E-state index in [9.17, 15) is 9.59 Å². The van der Waals surface area contributed by atoms with Crippen molar-refractivity contribution in [3.05, 3.63) is 23.7 Å². The second kappa shape index (κ2) is 4.45. The van der Waals surface area contributed by atoms with Gasteiger partial charge in [-0.05, 0) is 13.8 Å². The molecule has 0 radical (unpaired) electrons. The lowest BCUT2D eigenvalue weighted by Crippen LogP contribution is -2.55. The van der Waals surface area contributed by atoms with Crippen molar-refractivity contribution in [2.75, 3.05) is 19.8 Å². The lowest BCUT2D eigenvalue weighted by atomic mass is 10.0. The van der Waals surface area contributed by atoms with Gasteiger partial charge >= 0.3 is 5.97 Å². The number of furan rings is 1. The van der Waals surface area contributed by atoms with E-state index in [2.05, 4.69) is 0 Å². The number of rotatable bonds is 2. The number of hydrogen-bond donors (Lipinski definition) is 1. The third kappa shape index (κ3) is 2.24. The molecule has 1 aliphatic rings. The second-order valence-corrected chi connectivity index (χ2v) is 4.83. The molecule has 0 unspecified atom stereocenters. The highest BCUT2D eigenvalue weighted by Gasteiger charge is 2.35. The van der Waals surface area contributed by atoms with Gasteiger partial charge in [0, 0.05) is 12.6 Å². The predicted molar refractivity (Wildman–Crippen MR) is 61.6 cm³/mol. The van der Waals surface area contributed by atoms with Crippen molar-refractivity contribution in [1.29, 1.82) is 0 Å². The van der Waals surface area contributed by atoms with E-state index in [0.29, 0.717) is 19.8 Å². The van der Waals surface area contributed by atoms with Gasteiger partial charge in [0.2, 0.25) is 0 Å². The minimum atomic E-state index is -1.11. The third-order valence-electron chi connectivity index (χ3n) is 2.95. The van der Waals surface area contributed by atoms with Crippen molar-refractivity contribution in [2.45, 2.75) is 19.4 Å². The van der Waals surface area contributed by atoms with Crippen molar-refractivity contribution in [3.63, 3.8) is 0 Å². The fraction of sp³-hybridized carbons (Fsp3) is 0.500. The molecule has 1 aliphatic heterocycles. The van der Waals surface area contributed by atoms with Crippen molar-refractivity contribution in [3.8, 4) is 0 Å². The molecule has 2 rings (SSSR count). The molecule has 2 heterocycles. The van der Waals surface area contributed by atoms with Crippen molar-refractivity contribution in [1.82, 2.24) is 4.90 Å². The first-order valence-electron chi connectivity index (χ1n) is 5.63. The van der Waals surface area contributed by atoms with Crippen LogP contribution in [0.4, 0.5) is 0 Å². The first-order valence-corrected chi connectivity index (χ1v) is 5.63. The quantitative estimate of drug-likeness (QED) is 0.857. The van der Waals surface area contributed by atoms with Crippen molar-refractivity contribution < 1.29 is 23.8 Å². The van der Waals surface area contributed by atoms with Crippen LogP contribution in [0.1, 0.15) is 34.8 Å². The SMILES string of the molecule is CC1(C)COCCN1C(=O)c1cc(C(=O)O)co1. The van der Waals surface area contributed by atoms with Crippen LogP contribution in [-0.4, -0.2) is 47.2 Å². The number of ether oxygens (including phenoxy) is 1. The highest BCUT2D eigenvalue weighted by Crippen LogP contribution is 2.22. The molecular formula is C12H15NO5. The number of carbonyl (C=O) groups is 2. The zero-order valence-electron chi connectivity index (χ0n) is 10.3. The summed E-state index contributed by atoms with van der Waals surface area (Å²) >= 11 is 0. The van der Waals surface area contributed by atoms with E-state index < -0.39 is 11.5 Å². The molecule has 0 bridgehead atoms. The van der Waals surface area contributed by atoms with E-state index in [4.69, 9.17) is 14.3 Å². The lowest BCUT2D eigenvalue weighted by molar-refractivity contribution is -0.0383. The van der Waals surface area contributed by atoms with Crippen LogP contribution in [0.2, 0.25) is 0 Å². The van der Waals surface area contributed by atoms with Gasteiger partial charge < -0.3 is 19.2 Å². The van der Waals surface area contributed by atoms with E-state index in [-0.39, 0.29) is 17.2 Å². The van der Waals surface area contributed by atoms with Crippen LogP contribution in [0.15, 0.2) is 16.7 Å². The number of carbonyl (C=O) groups excluding carboxylic acids is 1. The van der Waals surface area contributed by atoms with Crippen molar-refractivity contribution >= 4 is 11.9 Å². The van der Waals surface area contributed by atoms with Crippen LogP contribution in [0, 0.1) is 0 Å². The van der Waals surface area contributed by atoms with Crippen molar-refractivity contribution in [2.24, 2.45) is 0 Å². The minimum absolute atomic E-state index is 0.0237. The molecule has 1 amide bonds. The Kier molecular flexibility index (Phi) is 3.13. The Morgan fingerprint density at radius 3 is 2.72 bits per heavy atom. The van der Waals surface area contributed by atoms with Gasteiger partial charge in [0.25, 0.3) is 5.91 Å². The Morgan fingerprint density at radius 1 is 1.44 bits per heavy atom. The van der Waals surface area contributed by atoms with Gasteiger partial charge in [-0.1, -0.05) is 0 Å². The lowest BCUT2D eigenvalue weighted by Gasteiger charge is -2.41. The third-order valence-corrected chi connectivity index (χ3v) is 2.95. The Labute approximate surface area is 104 Å². The Balaban J connectivity index is 2.21. The molecule has 1 N–H and O–H groups in total. The van der Waals surface area contributed by atoms with Gasteiger partial charge in [0.15, 0.2) is 5.76 Å². The fourth-order valence-electron chi connectivity index (χ4n) is 1.93. The molecule has 1 fully saturated rings. The molecule has 0 spiro atoms. The predicted octanol–water partition coefficient (Wildman–Crippen LogP) is 1.23. The molecule has 1 aromatic heterocycles. The smallest absolute Gasteiger partial charge is 0.338 e. The summed E-state index contributed by atoms with van der Waals surface area (Å²) in [5.74, 6) is -1.38. The van der Waals surface area contributed by atoms with Gasteiger partial charge in [-0.3, -0.25) is 4.79 Å². The zero-order valence-corrected chi connectivity index (χ0v) is 10.3. The molecule has 1 saturated heterocycles. The van der Waals surface area contributed by atoms with Crippen LogP contribution in [-0.2, 0) is 4.74 Å². The van der Waals surface area contributed by atoms with E-state index in [1.807, 2.05) is 13.8 Å². The molecular weight excluding hydrogens is 238 g/mol. The average molecular weight is 253 g/mol. The number of morpholine rings is 1. The summed E-state index contributed by atoms with van der Waals surface area (Å²) in [6.45, 7) is 5.18. The Hall–Kier alpha value is -1.82. The maximum atomic E-state index is 12.2. The molecule has 6 heteroatoms. The fourth-order valence-corrected chi connectivity index (χ4v) is 1.93. The van der Waals surface area contributed by atoms with E-state index in [0.717, 1.165) is 6.26 Å². The summed E-state index contributed by atoms with van der Waals surface area (Å²) in [5.41, 5.74) is -0.449. The van der Waals surface area contributed by atoms with Crippen LogP contribution in [0.5, 0.6) is 0 Å². The number of carboxylic acids is 1. The molecule has 1 aromatic rings. The molecule has 6 nitrogen and oxygen atoms in total. The number of amides is 1. The van der Waals surface area contributed by atoms with E-state index >= 15 is 0 Å². The summed E-state index contributed by atoms with van der Waals surface area (Å²) < 4.78 is 10.3. The summed E-state index contributed by atoms with van der Waals surface area (Å²) in [5, 5.41) is 8.79. The summed E-state index contributed by atoms with van der Waals surface area (Å²) in [6.07, 6.45) is 1.07. The van der Waals surface area contributed by atoms with Gasteiger partial charge in [0.1, 0.15) is 6.26 Å². The van der Waals surface area contributed by atoms with Crippen LogP contribution in [0.3, 0.4) is 0 Å².